The Balaban J connectivity index is 1.98. The molecule has 0 spiro atoms. The molecule has 1 aliphatic heterocycles. The average molecular weight is 394 g/mol. The summed E-state index contributed by atoms with van der Waals surface area (Å²) in [7, 11) is -3.58. The highest BCUT2D eigenvalue weighted by Crippen LogP contribution is 2.39. The van der Waals surface area contributed by atoms with Crippen molar-refractivity contribution in [1.29, 1.82) is 0 Å². The Bertz CT molecular complexity index is 636. The Morgan fingerprint density at radius 1 is 1.24 bits per heavy atom. The Kier molecular flexibility index (Phi) is 4.60. The largest absolute Gasteiger partial charge is 0.246 e. The number of rotatable bonds is 2. The van der Waals surface area contributed by atoms with Gasteiger partial charge < -0.3 is 0 Å². The fourth-order valence-corrected chi connectivity index (χ4v) is 6.26. The molecule has 0 aromatic carbocycles. The van der Waals surface area contributed by atoms with Crippen LogP contribution in [0.1, 0.15) is 38.5 Å². The lowest BCUT2D eigenvalue weighted by molar-refractivity contribution is 0.129. The molecule has 0 radical (unpaired) electrons. The summed E-state index contributed by atoms with van der Waals surface area (Å²) < 4.78 is 28.3. The summed E-state index contributed by atoms with van der Waals surface area (Å²) in [4.78, 5) is 4.07. The van der Waals surface area contributed by atoms with Gasteiger partial charge in [0.1, 0.15) is 10.0 Å². The number of pyridine rings is 1. The SMILES string of the molecule is O=S(=O)(c1cc(Br)cnc1Cl)N1CCC[C@H]2CCCC[C@H]21. The van der Waals surface area contributed by atoms with Gasteiger partial charge in [-0.3, -0.25) is 0 Å². The lowest BCUT2D eigenvalue weighted by atomic mass is 9.79. The maximum Gasteiger partial charge on any atom is 0.246 e. The first-order valence-electron chi connectivity index (χ1n) is 7.33. The Hall–Kier alpha value is -0.170. The quantitative estimate of drug-likeness (QED) is 0.717. The van der Waals surface area contributed by atoms with Crippen LogP contribution in [-0.2, 0) is 10.0 Å². The van der Waals surface area contributed by atoms with E-state index in [1.807, 2.05) is 0 Å². The summed E-state index contributed by atoms with van der Waals surface area (Å²) in [5.74, 6) is 0.501. The second kappa shape index (κ2) is 6.14. The van der Waals surface area contributed by atoms with Crippen LogP contribution in [0.25, 0.3) is 0 Å². The number of aromatic nitrogens is 1. The van der Waals surface area contributed by atoms with Gasteiger partial charge in [0.2, 0.25) is 10.0 Å². The predicted octanol–water partition coefficient (Wildman–Crippen LogP) is 3.84. The van der Waals surface area contributed by atoms with Crippen LogP contribution in [0.4, 0.5) is 0 Å². The van der Waals surface area contributed by atoms with Crippen molar-refractivity contribution in [3.8, 4) is 0 Å². The first kappa shape index (κ1) is 15.7. The van der Waals surface area contributed by atoms with Crippen LogP contribution in [0, 0.1) is 5.92 Å². The van der Waals surface area contributed by atoms with Gasteiger partial charge in [-0.2, -0.15) is 4.31 Å². The van der Waals surface area contributed by atoms with Gasteiger partial charge in [0, 0.05) is 23.3 Å². The number of hydrogen-bond acceptors (Lipinski definition) is 3. The minimum atomic E-state index is -3.58. The minimum Gasteiger partial charge on any atom is -0.242 e. The Morgan fingerprint density at radius 3 is 2.76 bits per heavy atom. The van der Waals surface area contributed by atoms with Crippen molar-refractivity contribution in [3.05, 3.63) is 21.9 Å². The number of halogens is 2. The molecule has 0 amide bonds. The van der Waals surface area contributed by atoms with Gasteiger partial charge in [0.15, 0.2) is 0 Å². The molecule has 1 saturated carbocycles. The number of piperidine rings is 1. The van der Waals surface area contributed by atoms with Crippen molar-refractivity contribution in [2.45, 2.75) is 49.5 Å². The van der Waals surface area contributed by atoms with Gasteiger partial charge >= 0.3 is 0 Å². The summed E-state index contributed by atoms with van der Waals surface area (Å²) in [5.41, 5.74) is 0. The molecule has 1 aromatic rings. The number of fused-ring (bicyclic) bond motifs is 1. The lowest BCUT2D eigenvalue weighted by Crippen LogP contribution is -2.49. The van der Waals surface area contributed by atoms with Crippen LogP contribution < -0.4 is 0 Å². The van der Waals surface area contributed by atoms with E-state index in [0.29, 0.717) is 16.9 Å². The number of nitrogens with zero attached hydrogens (tertiary/aromatic N) is 2. The molecule has 7 heteroatoms. The van der Waals surface area contributed by atoms with E-state index in [1.54, 1.807) is 10.4 Å². The standard InChI is InChI=1S/C14H18BrClN2O2S/c15-11-8-13(14(16)17-9-11)21(19,20)18-7-3-5-10-4-1-2-6-12(10)18/h8-10,12H,1-7H2/t10-,12-/m1/s1. The molecule has 3 rings (SSSR count). The second-order valence-electron chi connectivity index (χ2n) is 5.81. The summed E-state index contributed by atoms with van der Waals surface area (Å²) >= 11 is 9.31. The van der Waals surface area contributed by atoms with Crippen LogP contribution in [0.3, 0.4) is 0 Å². The first-order chi connectivity index (χ1) is 10.00. The zero-order valence-corrected chi connectivity index (χ0v) is 14.8. The third-order valence-electron chi connectivity index (χ3n) is 4.55. The van der Waals surface area contributed by atoms with Gasteiger partial charge in [-0.1, -0.05) is 24.4 Å². The van der Waals surface area contributed by atoms with Gasteiger partial charge in [-0.05, 0) is 53.6 Å². The highest BCUT2D eigenvalue weighted by molar-refractivity contribution is 9.10. The molecule has 116 valence electrons. The molecular formula is C14H18BrClN2O2S. The molecule has 2 fully saturated rings. The van der Waals surface area contributed by atoms with Crippen molar-refractivity contribution in [2.24, 2.45) is 5.92 Å². The Morgan fingerprint density at radius 2 is 1.95 bits per heavy atom. The van der Waals surface area contributed by atoms with E-state index in [2.05, 4.69) is 20.9 Å². The molecule has 1 aromatic heterocycles. The molecular weight excluding hydrogens is 376 g/mol. The monoisotopic (exact) mass is 392 g/mol. The van der Waals surface area contributed by atoms with Gasteiger partial charge in [-0.25, -0.2) is 13.4 Å². The van der Waals surface area contributed by atoms with Gasteiger partial charge in [-0.15, -0.1) is 0 Å². The van der Waals surface area contributed by atoms with Crippen LogP contribution in [0.5, 0.6) is 0 Å². The Labute approximate surface area is 139 Å². The second-order valence-corrected chi connectivity index (χ2v) is 8.95. The van der Waals surface area contributed by atoms with E-state index in [0.717, 1.165) is 32.1 Å². The number of sulfonamides is 1. The summed E-state index contributed by atoms with van der Waals surface area (Å²) in [6.45, 7) is 0.590. The van der Waals surface area contributed by atoms with E-state index in [9.17, 15) is 8.42 Å². The average Bonchev–Trinajstić information content (AvgIpc) is 2.49. The van der Waals surface area contributed by atoms with E-state index in [4.69, 9.17) is 11.6 Å². The van der Waals surface area contributed by atoms with E-state index >= 15 is 0 Å². The first-order valence-corrected chi connectivity index (χ1v) is 9.94. The van der Waals surface area contributed by atoms with E-state index < -0.39 is 10.0 Å². The lowest BCUT2D eigenvalue weighted by Gasteiger charge is -2.43. The van der Waals surface area contributed by atoms with Crippen molar-refractivity contribution in [1.82, 2.24) is 9.29 Å². The number of hydrogen-bond donors (Lipinski definition) is 0. The fraction of sp³-hybridized carbons (Fsp3) is 0.643. The maximum atomic E-state index is 13.0. The summed E-state index contributed by atoms with van der Waals surface area (Å²) in [5, 5.41) is 0.0520. The van der Waals surface area contributed by atoms with Crippen LogP contribution >= 0.6 is 27.5 Å². The molecule has 1 saturated heterocycles. The molecule has 21 heavy (non-hydrogen) atoms. The van der Waals surface area contributed by atoms with E-state index in [-0.39, 0.29) is 16.1 Å². The van der Waals surface area contributed by atoms with Crippen LogP contribution in [0.15, 0.2) is 21.6 Å². The molecule has 2 heterocycles. The van der Waals surface area contributed by atoms with E-state index in [1.165, 1.54) is 12.6 Å². The maximum absolute atomic E-state index is 13.0. The summed E-state index contributed by atoms with van der Waals surface area (Å²) in [6, 6.07) is 1.68. The fourth-order valence-electron chi connectivity index (χ4n) is 3.59. The van der Waals surface area contributed by atoms with Gasteiger partial charge in [0.25, 0.3) is 0 Å². The molecule has 0 unspecified atom stereocenters. The third-order valence-corrected chi connectivity index (χ3v) is 7.34. The predicted molar refractivity (Wildman–Crippen MR) is 85.8 cm³/mol. The zero-order valence-electron chi connectivity index (χ0n) is 11.6. The smallest absolute Gasteiger partial charge is 0.242 e. The van der Waals surface area contributed by atoms with Crippen molar-refractivity contribution in [2.75, 3.05) is 6.54 Å². The molecule has 1 aliphatic carbocycles. The normalized spacial score (nSPS) is 27.3. The van der Waals surface area contributed by atoms with Crippen LogP contribution in [-0.4, -0.2) is 30.3 Å². The van der Waals surface area contributed by atoms with Crippen molar-refractivity contribution < 1.29 is 8.42 Å². The molecule has 2 atom stereocenters. The molecule has 4 nitrogen and oxygen atoms in total. The zero-order chi connectivity index (χ0) is 15.0. The third kappa shape index (κ3) is 3.00. The van der Waals surface area contributed by atoms with Gasteiger partial charge in [0.05, 0.1) is 0 Å². The molecule has 0 N–H and O–H groups in total. The minimum absolute atomic E-state index is 0.0520. The van der Waals surface area contributed by atoms with Crippen molar-refractivity contribution >= 4 is 37.6 Å². The summed E-state index contributed by atoms with van der Waals surface area (Å²) in [6.07, 6.45) is 8.01. The highest BCUT2D eigenvalue weighted by atomic mass is 79.9. The topological polar surface area (TPSA) is 50.3 Å². The molecule has 0 bridgehead atoms. The highest BCUT2D eigenvalue weighted by Gasteiger charge is 2.40. The molecule has 2 aliphatic rings. The van der Waals surface area contributed by atoms with Crippen LogP contribution in [0.2, 0.25) is 5.15 Å². The van der Waals surface area contributed by atoms with Crippen molar-refractivity contribution in [3.63, 3.8) is 0 Å².